The van der Waals surface area contributed by atoms with Gasteiger partial charge in [0.25, 0.3) is 5.91 Å². The van der Waals surface area contributed by atoms with E-state index in [4.69, 9.17) is 14.3 Å². The van der Waals surface area contributed by atoms with Crippen LogP contribution in [0.15, 0.2) is 16.5 Å². The van der Waals surface area contributed by atoms with Gasteiger partial charge in [-0.1, -0.05) is 13.8 Å². The van der Waals surface area contributed by atoms with Crippen molar-refractivity contribution in [2.24, 2.45) is 5.92 Å². The predicted octanol–water partition coefficient (Wildman–Crippen LogP) is 2.25. The number of likely N-dealkylation sites (tertiary alicyclic amines) is 1. The maximum Gasteiger partial charge on any atom is 0.371 e. The van der Waals surface area contributed by atoms with Gasteiger partial charge in [0.15, 0.2) is 5.76 Å². The molecule has 1 aromatic heterocycles. The van der Waals surface area contributed by atoms with Crippen molar-refractivity contribution in [3.8, 4) is 0 Å². The lowest BCUT2D eigenvalue weighted by atomic mass is 10.1. The molecule has 0 saturated carbocycles. The molecule has 0 aromatic carbocycles. The van der Waals surface area contributed by atoms with E-state index >= 15 is 0 Å². The van der Waals surface area contributed by atoms with Crippen LogP contribution in [0, 0.1) is 5.92 Å². The minimum Gasteiger partial charge on any atom is -0.475 e. The zero-order valence-electron chi connectivity index (χ0n) is 12.4. The van der Waals surface area contributed by atoms with Crippen LogP contribution in [0.5, 0.6) is 0 Å². The molecule has 0 aliphatic carbocycles. The summed E-state index contributed by atoms with van der Waals surface area (Å²) in [7, 11) is 0. The molecule has 1 saturated heterocycles. The van der Waals surface area contributed by atoms with Crippen molar-refractivity contribution in [3.05, 3.63) is 23.7 Å². The minimum atomic E-state index is -1.18. The van der Waals surface area contributed by atoms with Crippen molar-refractivity contribution in [1.82, 2.24) is 4.90 Å². The Hall–Kier alpha value is -1.82. The number of carboxylic acids is 1. The van der Waals surface area contributed by atoms with Crippen LogP contribution in [0.25, 0.3) is 0 Å². The molecular weight excluding hydrogens is 274 g/mol. The third kappa shape index (κ3) is 4.07. The summed E-state index contributed by atoms with van der Waals surface area (Å²) in [6.07, 6.45) is 1.86. The first-order valence-electron chi connectivity index (χ1n) is 7.21. The highest BCUT2D eigenvalue weighted by Crippen LogP contribution is 2.18. The number of nitrogens with zero attached hydrogens (tertiary/aromatic N) is 1. The van der Waals surface area contributed by atoms with Crippen molar-refractivity contribution in [1.29, 1.82) is 0 Å². The number of carbonyl (C=O) groups excluding carboxylic acids is 1. The first-order valence-corrected chi connectivity index (χ1v) is 7.21. The Balaban J connectivity index is 1.85. The van der Waals surface area contributed by atoms with Crippen LogP contribution in [0.2, 0.25) is 0 Å². The van der Waals surface area contributed by atoms with E-state index < -0.39 is 5.97 Å². The third-order valence-corrected chi connectivity index (χ3v) is 3.51. The molecule has 0 radical (unpaired) electrons. The van der Waals surface area contributed by atoms with Crippen LogP contribution in [-0.4, -0.2) is 47.7 Å². The Morgan fingerprint density at radius 3 is 2.76 bits per heavy atom. The Morgan fingerprint density at radius 1 is 1.43 bits per heavy atom. The van der Waals surface area contributed by atoms with Gasteiger partial charge < -0.3 is 19.2 Å². The topological polar surface area (TPSA) is 80.0 Å². The van der Waals surface area contributed by atoms with Gasteiger partial charge in [-0.25, -0.2) is 4.79 Å². The van der Waals surface area contributed by atoms with Gasteiger partial charge in [0, 0.05) is 19.7 Å². The molecule has 116 valence electrons. The number of hydrogen-bond donors (Lipinski definition) is 1. The highest BCUT2D eigenvalue weighted by Gasteiger charge is 2.29. The van der Waals surface area contributed by atoms with Crippen LogP contribution in [0.3, 0.4) is 0 Å². The van der Waals surface area contributed by atoms with Crippen molar-refractivity contribution < 1.29 is 23.8 Å². The van der Waals surface area contributed by atoms with Crippen molar-refractivity contribution in [2.45, 2.75) is 32.8 Å². The molecule has 6 heteroatoms. The number of aromatic carboxylic acids is 1. The van der Waals surface area contributed by atoms with Gasteiger partial charge in [-0.2, -0.15) is 0 Å². The summed E-state index contributed by atoms with van der Waals surface area (Å²) in [5.41, 5.74) is 0. The molecule has 1 aromatic rings. The van der Waals surface area contributed by atoms with Gasteiger partial charge in [-0.15, -0.1) is 0 Å². The Morgan fingerprint density at radius 2 is 2.14 bits per heavy atom. The van der Waals surface area contributed by atoms with Crippen LogP contribution >= 0.6 is 0 Å². The van der Waals surface area contributed by atoms with E-state index in [0.717, 1.165) is 12.8 Å². The summed E-state index contributed by atoms with van der Waals surface area (Å²) >= 11 is 0. The van der Waals surface area contributed by atoms with Crippen LogP contribution in [0.1, 0.15) is 47.8 Å². The third-order valence-electron chi connectivity index (χ3n) is 3.51. The van der Waals surface area contributed by atoms with Crippen LogP contribution < -0.4 is 0 Å². The minimum absolute atomic E-state index is 0.0570. The lowest BCUT2D eigenvalue weighted by molar-refractivity contribution is 0.0473. The highest BCUT2D eigenvalue weighted by atomic mass is 16.5. The molecule has 2 rings (SSSR count). The first-order chi connectivity index (χ1) is 9.97. The molecular formula is C15H21NO5. The van der Waals surface area contributed by atoms with Gasteiger partial charge in [0.05, 0.1) is 6.10 Å². The molecule has 1 atom stereocenters. The van der Waals surface area contributed by atoms with Gasteiger partial charge in [-0.05, 0) is 30.9 Å². The van der Waals surface area contributed by atoms with E-state index in [-0.39, 0.29) is 23.5 Å². The zero-order valence-corrected chi connectivity index (χ0v) is 12.4. The Kier molecular flexibility index (Phi) is 5.01. The SMILES string of the molecule is CC(C)CCOC1CCN(C(=O)c2ccc(C(=O)O)o2)C1. The zero-order chi connectivity index (χ0) is 15.4. The maximum absolute atomic E-state index is 12.2. The van der Waals surface area contributed by atoms with Gasteiger partial charge >= 0.3 is 5.97 Å². The summed E-state index contributed by atoms with van der Waals surface area (Å²) in [5, 5.41) is 8.79. The molecule has 1 amide bonds. The smallest absolute Gasteiger partial charge is 0.371 e. The Bertz CT molecular complexity index is 508. The van der Waals surface area contributed by atoms with Gasteiger partial charge in [0.2, 0.25) is 5.76 Å². The predicted molar refractivity (Wildman–Crippen MR) is 75.4 cm³/mol. The summed E-state index contributed by atoms with van der Waals surface area (Å²) in [6, 6.07) is 2.70. The number of carbonyl (C=O) groups is 2. The summed E-state index contributed by atoms with van der Waals surface area (Å²) in [4.78, 5) is 24.6. The molecule has 0 spiro atoms. The second-order valence-corrected chi connectivity index (χ2v) is 5.68. The molecule has 0 bridgehead atoms. The summed E-state index contributed by atoms with van der Waals surface area (Å²) in [5.74, 6) is -1.01. The van der Waals surface area contributed by atoms with Crippen molar-refractivity contribution in [2.75, 3.05) is 19.7 Å². The number of ether oxygens (including phenoxy) is 1. The molecule has 1 fully saturated rings. The molecule has 21 heavy (non-hydrogen) atoms. The van der Waals surface area contributed by atoms with Crippen LogP contribution in [-0.2, 0) is 4.74 Å². The average Bonchev–Trinajstić information content (AvgIpc) is 3.06. The molecule has 6 nitrogen and oxygen atoms in total. The number of amides is 1. The highest BCUT2D eigenvalue weighted by molar-refractivity contribution is 5.93. The van der Waals surface area contributed by atoms with E-state index in [0.29, 0.717) is 25.6 Å². The lowest BCUT2D eigenvalue weighted by Gasteiger charge is -2.15. The summed E-state index contributed by atoms with van der Waals surface area (Å²) in [6.45, 7) is 6.12. The lowest BCUT2D eigenvalue weighted by Crippen LogP contribution is -2.30. The summed E-state index contributed by atoms with van der Waals surface area (Å²) < 4.78 is 10.8. The standard InChI is InChI=1S/C15H21NO5/c1-10(2)6-8-20-11-5-7-16(9-11)14(17)12-3-4-13(21-12)15(18)19/h3-4,10-11H,5-9H2,1-2H3,(H,18,19). The molecule has 2 heterocycles. The van der Waals surface area contributed by atoms with Crippen molar-refractivity contribution >= 4 is 11.9 Å². The monoisotopic (exact) mass is 295 g/mol. The van der Waals surface area contributed by atoms with E-state index in [1.165, 1.54) is 12.1 Å². The second-order valence-electron chi connectivity index (χ2n) is 5.68. The molecule has 1 aliphatic rings. The first kappa shape index (κ1) is 15.6. The van der Waals surface area contributed by atoms with E-state index in [2.05, 4.69) is 13.8 Å². The molecule has 1 aliphatic heterocycles. The van der Waals surface area contributed by atoms with Gasteiger partial charge in [0.1, 0.15) is 0 Å². The number of hydrogen-bond acceptors (Lipinski definition) is 4. The maximum atomic E-state index is 12.2. The van der Waals surface area contributed by atoms with E-state index in [9.17, 15) is 9.59 Å². The largest absolute Gasteiger partial charge is 0.475 e. The average molecular weight is 295 g/mol. The quantitative estimate of drug-likeness (QED) is 0.870. The van der Waals surface area contributed by atoms with Crippen LogP contribution in [0.4, 0.5) is 0 Å². The van der Waals surface area contributed by atoms with E-state index in [1.807, 2.05) is 0 Å². The normalized spacial score (nSPS) is 18.4. The van der Waals surface area contributed by atoms with Gasteiger partial charge in [-0.3, -0.25) is 4.79 Å². The van der Waals surface area contributed by atoms with Crippen molar-refractivity contribution in [3.63, 3.8) is 0 Å². The number of carboxylic acid groups (broad SMARTS) is 1. The molecule has 1 N–H and O–H groups in total. The Labute approximate surface area is 123 Å². The van der Waals surface area contributed by atoms with E-state index in [1.54, 1.807) is 4.90 Å². The number of furan rings is 1. The fraction of sp³-hybridized carbons (Fsp3) is 0.600. The fourth-order valence-electron chi connectivity index (χ4n) is 2.24. The molecule has 1 unspecified atom stereocenters. The second kappa shape index (κ2) is 6.76. The fourth-order valence-corrected chi connectivity index (χ4v) is 2.24. The number of rotatable bonds is 6.